The van der Waals surface area contributed by atoms with Crippen LogP contribution >= 0.6 is 0 Å². The first-order valence-electron chi connectivity index (χ1n) is 12.5. The molecule has 4 rings (SSSR count). The maximum atomic E-state index is 14.0. The van der Waals surface area contributed by atoms with Crippen molar-refractivity contribution in [3.8, 4) is 17.2 Å². The number of aliphatic carboxylic acids is 1. The van der Waals surface area contributed by atoms with Gasteiger partial charge in [0.25, 0.3) is 10.0 Å². The fraction of sp³-hybridized carbons (Fsp3) is 0.321. The Morgan fingerprint density at radius 1 is 1.07 bits per heavy atom. The van der Waals surface area contributed by atoms with E-state index in [0.29, 0.717) is 34.0 Å². The van der Waals surface area contributed by atoms with Crippen molar-refractivity contribution >= 4 is 37.8 Å². The van der Waals surface area contributed by atoms with Crippen LogP contribution in [0.15, 0.2) is 58.7 Å². The van der Waals surface area contributed by atoms with E-state index in [4.69, 9.17) is 14.2 Å². The first kappa shape index (κ1) is 33.5. The van der Waals surface area contributed by atoms with Gasteiger partial charge in [-0.25, -0.2) is 17.4 Å². The van der Waals surface area contributed by atoms with Gasteiger partial charge in [0.15, 0.2) is 0 Å². The van der Waals surface area contributed by atoms with Crippen molar-refractivity contribution in [3.63, 3.8) is 0 Å². The van der Waals surface area contributed by atoms with Crippen molar-refractivity contribution in [1.29, 1.82) is 0 Å². The summed E-state index contributed by atoms with van der Waals surface area (Å²) in [6.45, 7) is 6.60. The van der Waals surface area contributed by atoms with Gasteiger partial charge in [-0.05, 0) is 64.1 Å². The van der Waals surface area contributed by atoms with E-state index in [2.05, 4.69) is 9.97 Å². The molecule has 0 fully saturated rings. The van der Waals surface area contributed by atoms with E-state index in [0.717, 1.165) is 9.54 Å². The van der Waals surface area contributed by atoms with Crippen LogP contribution in [0.1, 0.15) is 32.1 Å². The van der Waals surface area contributed by atoms with Gasteiger partial charge >= 0.3 is 35.5 Å². The molecule has 1 N–H and O–H groups in total. The fourth-order valence-corrected chi connectivity index (χ4v) is 7.11. The predicted molar refractivity (Wildman–Crippen MR) is 154 cm³/mol. The van der Waals surface area contributed by atoms with Crippen LogP contribution in [0.5, 0.6) is 17.2 Å². The number of carboxylic acid groups (broad SMARTS) is 1. The van der Waals surface area contributed by atoms with E-state index in [1.54, 1.807) is 38.4 Å². The zero-order valence-corrected chi connectivity index (χ0v) is 28.1. The molecule has 0 radical (unpaired) electrons. The minimum absolute atomic E-state index is 0. The van der Waals surface area contributed by atoms with Crippen molar-refractivity contribution in [2.24, 2.45) is 5.41 Å². The molecule has 2 heterocycles. The second-order valence-corrected chi connectivity index (χ2v) is 13.1. The van der Waals surface area contributed by atoms with E-state index >= 15 is 0 Å². The minimum Gasteiger partial charge on any atom is -1.00 e. The second-order valence-electron chi connectivity index (χ2n) is 10.0. The largest absolute Gasteiger partial charge is 1.00 e. The molecule has 0 aliphatic carbocycles. The quantitative estimate of drug-likeness (QED) is 0.241. The van der Waals surface area contributed by atoms with E-state index in [-0.39, 0.29) is 58.9 Å². The minimum atomic E-state index is -4.29. The number of imidazole rings is 1. The monoisotopic (exact) mass is 625 g/mol. The summed E-state index contributed by atoms with van der Waals surface area (Å²) in [5.41, 5.74) is 1.40. The van der Waals surface area contributed by atoms with E-state index in [1.165, 1.54) is 45.2 Å². The van der Waals surface area contributed by atoms with Crippen molar-refractivity contribution in [2.45, 2.75) is 43.5 Å². The van der Waals surface area contributed by atoms with Gasteiger partial charge in [0.2, 0.25) is 5.16 Å². The van der Waals surface area contributed by atoms with E-state index < -0.39 is 32.2 Å². The molecule has 0 saturated carbocycles. The van der Waals surface area contributed by atoms with E-state index in [9.17, 15) is 22.5 Å². The number of carboxylic acids is 1. The average molecular weight is 626 g/mol. The predicted octanol–water partition coefficient (Wildman–Crippen LogP) is 1.22. The molecule has 220 valence electrons. The van der Waals surface area contributed by atoms with Crippen LogP contribution in [-0.4, -0.2) is 58.5 Å². The standard InChI is InChI=1S/C28H31N3O8S2.Na.H/c1-17-14-29-23(18(2)25(17)38-6)15-40(34)27-30-22-13-20(37-5)9-12-24(22)31(27)41(35,36)21-10-7-19(8-11-21)39-16-28(3,4)26(32)33;;/h7-14H,15-16H2,1-6H3,(H,32,33);;/q;+1;-1. The molecule has 0 saturated heterocycles. The Morgan fingerprint density at radius 2 is 1.71 bits per heavy atom. The van der Waals surface area contributed by atoms with Crippen molar-refractivity contribution < 1.29 is 67.7 Å². The molecule has 2 aromatic heterocycles. The third kappa shape index (κ3) is 6.65. The zero-order chi connectivity index (χ0) is 30.1. The van der Waals surface area contributed by atoms with Gasteiger partial charge in [-0.2, -0.15) is 0 Å². The number of pyridine rings is 1. The van der Waals surface area contributed by atoms with Gasteiger partial charge in [-0.15, -0.1) is 0 Å². The summed E-state index contributed by atoms with van der Waals surface area (Å²) in [5.74, 6) is 0.271. The number of carbonyl (C=O) groups is 1. The van der Waals surface area contributed by atoms with Crippen LogP contribution < -0.4 is 43.8 Å². The Kier molecular flexibility index (Phi) is 10.5. The molecule has 1 unspecified atom stereocenters. The Balaban J connectivity index is 0.00000323. The van der Waals surface area contributed by atoms with Crippen molar-refractivity contribution in [1.82, 2.24) is 13.9 Å². The number of nitrogens with zero attached hydrogens (tertiary/aromatic N) is 3. The first-order valence-corrected chi connectivity index (χ1v) is 15.2. The number of hydrogen-bond acceptors (Lipinski definition) is 9. The van der Waals surface area contributed by atoms with Crippen LogP contribution in [0, 0.1) is 19.3 Å². The normalized spacial score (nSPS) is 12.4. The second kappa shape index (κ2) is 13.1. The third-order valence-corrected chi connectivity index (χ3v) is 9.60. The smallest absolute Gasteiger partial charge is 1.00 e. The van der Waals surface area contributed by atoms with Gasteiger partial charge in [-0.1, -0.05) is 0 Å². The summed E-state index contributed by atoms with van der Waals surface area (Å²) in [4.78, 5) is 20.1. The van der Waals surface area contributed by atoms with Crippen molar-refractivity contribution in [3.05, 3.63) is 65.5 Å². The van der Waals surface area contributed by atoms with Crippen LogP contribution in [0.25, 0.3) is 11.0 Å². The number of methoxy groups -OCH3 is 2. The molecule has 0 amide bonds. The summed E-state index contributed by atoms with van der Waals surface area (Å²) in [6.07, 6.45) is 1.62. The number of aromatic nitrogens is 3. The van der Waals surface area contributed by atoms with Gasteiger partial charge in [0, 0.05) is 23.4 Å². The Bertz CT molecular complexity index is 1760. The average Bonchev–Trinajstić information content (AvgIpc) is 3.34. The first-order chi connectivity index (χ1) is 19.3. The summed E-state index contributed by atoms with van der Waals surface area (Å²) >= 11 is 0. The summed E-state index contributed by atoms with van der Waals surface area (Å²) in [7, 11) is -3.19. The number of aryl methyl sites for hydroxylation is 1. The molecular formula is C28H32N3NaO8S2. The molecule has 2 aromatic carbocycles. The fourth-order valence-electron chi connectivity index (χ4n) is 4.06. The topological polar surface area (TPSA) is 147 Å². The summed E-state index contributed by atoms with van der Waals surface area (Å²) in [5, 5.41) is 9.13. The number of fused-ring (bicyclic) bond motifs is 1. The molecule has 42 heavy (non-hydrogen) atoms. The van der Waals surface area contributed by atoms with Crippen LogP contribution in [0.4, 0.5) is 0 Å². The Hall–Kier alpha value is -2.97. The molecule has 0 bridgehead atoms. The summed E-state index contributed by atoms with van der Waals surface area (Å²) in [6, 6.07) is 10.3. The van der Waals surface area contributed by atoms with Crippen LogP contribution in [-0.2, 0) is 31.4 Å². The number of benzene rings is 2. The van der Waals surface area contributed by atoms with Crippen LogP contribution in [0.3, 0.4) is 0 Å². The van der Waals surface area contributed by atoms with Gasteiger partial charge < -0.3 is 20.7 Å². The van der Waals surface area contributed by atoms with Gasteiger partial charge in [0.05, 0.1) is 57.8 Å². The number of hydrogen-bond donors (Lipinski definition) is 1. The molecule has 1 atom stereocenters. The molecule has 0 aliphatic heterocycles. The molecule has 11 nitrogen and oxygen atoms in total. The van der Waals surface area contributed by atoms with E-state index in [1.807, 2.05) is 6.92 Å². The maximum Gasteiger partial charge on any atom is 1.00 e. The van der Waals surface area contributed by atoms with Crippen LogP contribution in [0.2, 0.25) is 0 Å². The van der Waals surface area contributed by atoms with Gasteiger partial charge in [0.1, 0.15) is 23.9 Å². The molecule has 0 spiro atoms. The Labute approximate surface area is 270 Å². The zero-order valence-electron chi connectivity index (χ0n) is 25.5. The van der Waals surface area contributed by atoms with Gasteiger partial charge in [-0.3, -0.25) is 14.0 Å². The third-order valence-electron chi connectivity index (χ3n) is 6.55. The molecule has 4 aromatic rings. The maximum absolute atomic E-state index is 14.0. The molecular weight excluding hydrogens is 593 g/mol. The molecule has 14 heteroatoms. The number of rotatable bonds is 11. The SMILES string of the molecule is COc1ccc2c(c1)nc(S(=O)Cc1ncc(C)c(OC)c1C)n2S(=O)(=O)c1ccc(OCC(C)(C)C(=O)O)cc1.[H-].[Na+]. The Morgan fingerprint density at radius 3 is 2.31 bits per heavy atom. The number of ether oxygens (including phenoxy) is 3. The summed E-state index contributed by atoms with van der Waals surface area (Å²) < 4.78 is 59.0. The van der Waals surface area contributed by atoms with Crippen molar-refractivity contribution in [2.75, 3.05) is 20.8 Å². The molecule has 0 aliphatic rings.